The highest BCUT2D eigenvalue weighted by molar-refractivity contribution is 6.09. The summed E-state index contributed by atoms with van der Waals surface area (Å²) in [6, 6.07) is 22.5. The summed E-state index contributed by atoms with van der Waals surface area (Å²) in [5.41, 5.74) is 8.23. The van der Waals surface area contributed by atoms with Gasteiger partial charge in [0.2, 0.25) is 0 Å². The molecule has 0 bridgehead atoms. The number of fused-ring (bicyclic) bond motifs is 3. The third-order valence-electron chi connectivity index (χ3n) is 5.60. The maximum Gasteiger partial charge on any atom is 0.138 e. The van der Waals surface area contributed by atoms with Crippen LogP contribution in [0.1, 0.15) is 16.7 Å². The maximum atomic E-state index is 10.1. The summed E-state index contributed by atoms with van der Waals surface area (Å²) in [6.07, 6.45) is 1.87. The highest BCUT2D eigenvalue weighted by atomic mass is 16.3. The van der Waals surface area contributed by atoms with Crippen molar-refractivity contribution < 1.29 is 5.11 Å². The zero-order valence-corrected chi connectivity index (χ0v) is 16.8. The largest absolute Gasteiger partial charge is 0.508 e. The van der Waals surface area contributed by atoms with Crippen molar-refractivity contribution in [2.45, 2.75) is 20.8 Å². The fourth-order valence-corrected chi connectivity index (χ4v) is 4.54. The molecule has 3 aromatic carbocycles. The lowest BCUT2D eigenvalue weighted by Crippen LogP contribution is -1.98. The van der Waals surface area contributed by atoms with Crippen molar-refractivity contribution in [3.05, 3.63) is 89.6 Å². The number of pyridine rings is 1. The van der Waals surface area contributed by atoms with Crippen LogP contribution in [0.25, 0.3) is 38.8 Å². The van der Waals surface area contributed by atoms with Crippen molar-refractivity contribution in [1.29, 1.82) is 0 Å². The number of aryl methyl sites for hydroxylation is 3. The maximum absolute atomic E-state index is 10.1. The number of para-hydroxylation sites is 1. The molecule has 3 heteroatoms. The first-order valence-electron chi connectivity index (χ1n) is 9.80. The Morgan fingerprint density at radius 3 is 2.28 bits per heavy atom. The van der Waals surface area contributed by atoms with Crippen LogP contribution in [-0.4, -0.2) is 14.7 Å². The van der Waals surface area contributed by atoms with Crippen LogP contribution in [0.5, 0.6) is 5.75 Å². The number of hydrogen-bond donors (Lipinski definition) is 1. The predicted octanol–water partition coefficient (Wildman–Crippen LogP) is 6.48. The fourth-order valence-electron chi connectivity index (χ4n) is 4.54. The molecule has 1 N–H and O–H groups in total. The van der Waals surface area contributed by atoms with Gasteiger partial charge in [-0.25, -0.2) is 4.98 Å². The molecule has 0 radical (unpaired) electrons. The summed E-state index contributed by atoms with van der Waals surface area (Å²) in [5, 5.41) is 12.4. The predicted molar refractivity (Wildman–Crippen MR) is 120 cm³/mol. The Labute approximate surface area is 169 Å². The second-order valence-electron chi connectivity index (χ2n) is 7.73. The molecular formula is C26H22N2O. The summed E-state index contributed by atoms with van der Waals surface area (Å²) in [6.45, 7) is 6.45. The lowest BCUT2D eigenvalue weighted by Gasteiger charge is -2.14. The van der Waals surface area contributed by atoms with Gasteiger partial charge in [0.15, 0.2) is 0 Å². The Morgan fingerprint density at radius 1 is 0.759 bits per heavy atom. The van der Waals surface area contributed by atoms with Gasteiger partial charge in [-0.1, -0.05) is 35.9 Å². The first-order valence-corrected chi connectivity index (χ1v) is 9.80. The van der Waals surface area contributed by atoms with Crippen molar-refractivity contribution in [2.24, 2.45) is 0 Å². The van der Waals surface area contributed by atoms with Gasteiger partial charge in [0, 0.05) is 23.0 Å². The van der Waals surface area contributed by atoms with Gasteiger partial charge in [0.05, 0.1) is 11.0 Å². The van der Waals surface area contributed by atoms with Crippen molar-refractivity contribution in [3.63, 3.8) is 0 Å². The number of aromatic hydroxyl groups is 1. The van der Waals surface area contributed by atoms with E-state index in [0.29, 0.717) is 0 Å². The van der Waals surface area contributed by atoms with Crippen molar-refractivity contribution in [3.8, 4) is 22.7 Å². The number of rotatable bonds is 2. The molecule has 0 saturated heterocycles. The van der Waals surface area contributed by atoms with E-state index in [9.17, 15) is 5.11 Å². The Kier molecular flexibility index (Phi) is 3.92. The van der Waals surface area contributed by atoms with E-state index >= 15 is 0 Å². The highest BCUT2D eigenvalue weighted by Gasteiger charge is 2.15. The second kappa shape index (κ2) is 6.49. The number of benzene rings is 3. The van der Waals surface area contributed by atoms with Crippen LogP contribution in [0.3, 0.4) is 0 Å². The summed E-state index contributed by atoms with van der Waals surface area (Å²) in [7, 11) is 0. The summed E-state index contributed by atoms with van der Waals surface area (Å²) < 4.78 is 2.13. The van der Waals surface area contributed by atoms with Crippen LogP contribution in [0.4, 0.5) is 0 Å². The van der Waals surface area contributed by atoms with E-state index in [1.165, 1.54) is 22.3 Å². The zero-order chi connectivity index (χ0) is 20.1. The van der Waals surface area contributed by atoms with Crippen LogP contribution < -0.4 is 0 Å². The molecule has 0 aliphatic heterocycles. The quantitative estimate of drug-likeness (QED) is 0.382. The van der Waals surface area contributed by atoms with Crippen LogP contribution in [0.15, 0.2) is 72.9 Å². The average Bonchev–Trinajstić information content (AvgIpc) is 3.01. The van der Waals surface area contributed by atoms with Gasteiger partial charge < -0.3 is 5.11 Å². The molecule has 0 saturated carbocycles. The topological polar surface area (TPSA) is 38.0 Å². The van der Waals surface area contributed by atoms with E-state index in [1.54, 1.807) is 6.07 Å². The van der Waals surface area contributed by atoms with Gasteiger partial charge in [-0.15, -0.1) is 0 Å². The molecule has 0 spiro atoms. The van der Waals surface area contributed by atoms with Crippen molar-refractivity contribution >= 4 is 21.8 Å². The zero-order valence-electron chi connectivity index (χ0n) is 16.8. The molecule has 0 unspecified atom stereocenters. The molecule has 3 nitrogen and oxygen atoms in total. The Bertz CT molecular complexity index is 1370. The van der Waals surface area contributed by atoms with Crippen LogP contribution in [-0.2, 0) is 0 Å². The fraction of sp³-hybridized carbons (Fsp3) is 0.115. The minimum atomic E-state index is 0.253. The first-order chi connectivity index (χ1) is 14.0. The number of phenols is 1. The molecule has 0 fully saturated rings. The minimum absolute atomic E-state index is 0.253. The summed E-state index contributed by atoms with van der Waals surface area (Å²) in [5.74, 6) is 1.10. The lowest BCUT2D eigenvalue weighted by molar-refractivity contribution is 0.476. The Balaban J connectivity index is 1.81. The molecule has 0 aliphatic carbocycles. The molecule has 0 atom stereocenters. The van der Waals surface area contributed by atoms with Crippen LogP contribution in [0, 0.1) is 20.8 Å². The SMILES string of the molecule is Cc1cc(C)c(-c2ccnc(-n3c4ccccc4c4ccc(O)cc43)c2)c(C)c1. The molecule has 0 amide bonds. The standard InChI is InChI=1S/C26H22N2O/c1-16-12-17(2)26(18(3)13-16)19-10-11-27-25(14-19)28-23-7-5-4-6-21(23)22-9-8-20(29)15-24(22)28/h4-15,29H,1-3H3. The van der Waals surface area contributed by atoms with E-state index in [2.05, 4.69) is 61.7 Å². The molecule has 5 aromatic rings. The van der Waals surface area contributed by atoms with E-state index in [0.717, 1.165) is 33.2 Å². The molecule has 2 heterocycles. The third-order valence-corrected chi connectivity index (χ3v) is 5.60. The summed E-state index contributed by atoms with van der Waals surface area (Å²) >= 11 is 0. The smallest absolute Gasteiger partial charge is 0.138 e. The normalized spacial score (nSPS) is 11.4. The number of nitrogens with zero attached hydrogens (tertiary/aromatic N) is 2. The van der Waals surface area contributed by atoms with Gasteiger partial charge >= 0.3 is 0 Å². The van der Waals surface area contributed by atoms with E-state index in [4.69, 9.17) is 4.98 Å². The van der Waals surface area contributed by atoms with Gasteiger partial charge in [0.1, 0.15) is 11.6 Å². The first kappa shape index (κ1) is 17.5. The average molecular weight is 378 g/mol. The lowest BCUT2D eigenvalue weighted by atomic mass is 9.94. The van der Waals surface area contributed by atoms with E-state index in [1.807, 2.05) is 30.5 Å². The Hall–Kier alpha value is -3.59. The van der Waals surface area contributed by atoms with Gasteiger partial charge in [-0.05, 0) is 73.4 Å². The number of phenolic OH excluding ortho intramolecular Hbond substituents is 1. The van der Waals surface area contributed by atoms with Gasteiger partial charge in [-0.3, -0.25) is 4.57 Å². The van der Waals surface area contributed by atoms with E-state index < -0.39 is 0 Å². The highest BCUT2D eigenvalue weighted by Crippen LogP contribution is 2.35. The monoisotopic (exact) mass is 378 g/mol. The van der Waals surface area contributed by atoms with Crippen molar-refractivity contribution in [2.75, 3.05) is 0 Å². The minimum Gasteiger partial charge on any atom is -0.508 e. The van der Waals surface area contributed by atoms with Crippen LogP contribution >= 0.6 is 0 Å². The molecule has 5 rings (SSSR count). The molecule has 29 heavy (non-hydrogen) atoms. The van der Waals surface area contributed by atoms with Crippen LogP contribution in [0.2, 0.25) is 0 Å². The third kappa shape index (κ3) is 2.78. The molecular weight excluding hydrogens is 356 g/mol. The second-order valence-corrected chi connectivity index (χ2v) is 7.73. The van der Waals surface area contributed by atoms with Crippen molar-refractivity contribution in [1.82, 2.24) is 9.55 Å². The summed E-state index contributed by atoms with van der Waals surface area (Å²) in [4.78, 5) is 4.70. The Morgan fingerprint density at radius 2 is 1.48 bits per heavy atom. The van der Waals surface area contributed by atoms with Gasteiger partial charge in [-0.2, -0.15) is 0 Å². The van der Waals surface area contributed by atoms with E-state index in [-0.39, 0.29) is 5.75 Å². The molecule has 2 aromatic heterocycles. The van der Waals surface area contributed by atoms with Gasteiger partial charge in [0.25, 0.3) is 0 Å². The number of aromatic nitrogens is 2. The molecule has 0 aliphatic rings. The molecule has 142 valence electrons. The number of hydrogen-bond acceptors (Lipinski definition) is 2.